The molecule has 0 aromatic rings. The zero-order valence-corrected chi connectivity index (χ0v) is 7.45. The molecule has 0 spiro atoms. The molecule has 0 saturated heterocycles. The molecular formula is C8H15O4. The first-order valence-electron chi connectivity index (χ1n) is 4.04. The molecule has 0 aromatic carbocycles. The third-order valence-electron chi connectivity index (χ3n) is 1.40. The molecule has 71 valence electrons. The van der Waals surface area contributed by atoms with Gasteiger partial charge in [-0.1, -0.05) is 13.8 Å². The van der Waals surface area contributed by atoms with Crippen molar-refractivity contribution in [1.29, 1.82) is 0 Å². The summed E-state index contributed by atoms with van der Waals surface area (Å²) in [5, 5.41) is 18.6. The monoisotopic (exact) mass is 175 g/mol. The topological polar surface area (TPSA) is 66.4 Å². The number of rotatable bonds is 6. The van der Waals surface area contributed by atoms with Crippen LogP contribution in [-0.4, -0.2) is 24.0 Å². The van der Waals surface area contributed by atoms with Crippen LogP contribution in [0.1, 0.15) is 26.7 Å². The molecule has 0 aliphatic rings. The lowest BCUT2D eigenvalue weighted by molar-refractivity contribution is -0.189. The van der Waals surface area contributed by atoms with Crippen LogP contribution < -0.4 is 0 Å². The van der Waals surface area contributed by atoms with E-state index in [1.54, 1.807) is 0 Å². The second-order valence-electron chi connectivity index (χ2n) is 3.08. The molecular weight excluding hydrogens is 160 g/mol. The molecule has 0 rings (SSSR count). The Balaban J connectivity index is 3.25. The fourth-order valence-corrected chi connectivity index (χ4v) is 0.753. The van der Waals surface area contributed by atoms with E-state index in [-0.39, 0.29) is 6.61 Å². The lowest BCUT2D eigenvalue weighted by atomic mass is 10.1. The van der Waals surface area contributed by atoms with Gasteiger partial charge in [-0.25, -0.2) is 4.79 Å². The van der Waals surface area contributed by atoms with Crippen molar-refractivity contribution in [2.45, 2.75) is 33.0 Å². The largest absolute Gasteiger partial charge is 0.477 e. The molecule has 1 radical (unpaired) electrons. The van der Waals surface area contributed by atoms with E-state index in [2.05, 4.69) is 18.6 Å². The summed E-state index contributed by atoms with van der Waals surface area (Å²) in [5.74, 6) is -0.886. The molecule has 1 N–H and O–H groups in total. The molecule has 0 aromatic heterocycles. The van der Waals surface area contributed by atoms with Gasteiger partial charge >= 0.3 is 5.97 Å². The Kier molecular flexibility index (Phi) is 5.66. The Hall–Kier alpha value is -0.610. The van der Waals surface area contributed by atoms with Crippen LogP contribution in [0.2, 0.25) is 0 Å². The van der Waals surface area contributed by atoms with Gasteiger partial charge in [0.2, 0.25) is 0 Å². The Labute approximate surface area is 72.2 Å². The summed E-state index contributed by atoms with van der Waals surface area (Å²) in [7, 11) is 0. The van der Waals surface area contributed by atoms with Crippen LogP contribution in [0, 0.1) is 5.92 Å². The summed E-state index contributed by atoms with van der Waals surface area (Å²) in [6.07, 6.45) is -0.229. The van der Waals surface area contributed by atoms with Gasteiger partial charge in [-0.05, 0) is 18.8 Å². The molecule has 0 saturated carbocycles. The molecule has 1 atom stereocenters. The molecule has 0 amide bonds. The van der Waals surface area contributed by atoms with Crippen LogP contribution >= 0.6 is 0 Å². The SMILES string of the molecule is CC(C)CCCOC([O])C(=O)O. The summed E-state index contributed by atoms with van der Waals surface area (Å²) < 4.78 is 4.50. The highest BCUT2D eigenvalue weighted by Gasteiger charge is 2.14. The van der Waals surface area contributed by atoms with E-state index in [1.807, 2.05) is 0 Å². The van der Waals surface area contributed by atoms with Crippen molar-refractivity contribution in [3.8, 4) is 0 Å². The van der Waals surface area contributed by atoms with Crippen LogP contribution in [0.5, 0.6) is 0 Å². The predicted molar refractivity (Wildman–Crippen MR) is 42.1 cm³/mol. The summed E-state index contributed by atoms with van der Waals surface area (Å²) in [4.78, 5) is 9.99. The van der Waals surface area contributed by atoms with Crippen LogP contribution in [0.3, 0.4) is 0 Å². The lowest BCUT2D eigenvalue weighted by Gasteiger charge is -2.06. The van der Waals surface area contributed by atoms with Gasteiger partial charge in [0.05, 0.1) is 6.61 Å². The first-order chi connectivity index (χ1) is 5.54. The minimum absolute atomic E-state index is 0.235. The van der Waals surface area contributed by atoms with E-state index in [0.29, 0.717) is 5.92 Å². The van der Waals surface area contributed by atoms with Crippen molar-refractivity contribution in [3.05, 3.63) is 0 Å². The second-order valence-corrected chi connectivity index (χ2v) is 3.08. The predicted octanol–water partition coefficient (Wildman–Crippen LogP) is 1.28. The standard InChI is InChI=1S/C8H15O4/c1-6(2)4-3-5-12-8(11)7(9)10/h6,8H,3-5H2,1-2H3,(H,9,10). The van der Waals surface area contributed by atoms with E-state index in [9.17, 15) is 9.90 Å². The van der Waals surface area contributed by atoms with Crippen molar-refractivity contribution in [3.63, 3.8) is 0 Å². The van der Waals surface area contributed by atoms with E-state index in [1.165, 1.54) is 0 Å². The van der Waals surface area contributed by atoms with Gasteiger partial charge in [0.15, 0.2) is 0 Å². The average molecular weight is 175 g/mol. The number of hydrogen-bond acceptors (Lipinski definition) is 2. The zero-order valence-electron chi connectivity index (χ0n) is 7.45. The number of hydrogen-bond donors (Lipinski definition) is 1. The third-order valence-corrected chi connectivity index (χ3v) is 1.40. The number of ether oxygens (including phenoxy) is 1. The fourth-order valence-electron chi connectivity index (χ4n) is 0.753. The van der Waals surface area contributed by atoms with Gasteiger partial charge in [0, 0.05) is 0 Å². The van der Waals surface area contributed by atoms with Crippen molar-refractivity contribution < 1.29 is 19.7 Å². The number of aliphatic carboxylic acids is 1. The van der Waals surface area contributed by atoms with Crippen LogP contribution in [0.15, 0.2) is 0 Å². The van der Waals surface area contributed by atoms with Crippen LogP contribution in [0.4, 0.5) is 0 Å². The highest BCUT2D eigenvalue weighted by Crippen LogP contribution is 2.03. The molecule has 0 fully saturated rings. The zero-order chi connectivity index (χ0) is 9.56. The van der Waals surface area contributed by atoms with E-state index < -0.39 is 12.3 Å². The average Bonchev–Trinajstić information content (AvgIpc) is 1.97. The van der Waals surface area contributed by atoms with Crippen LogP contribution in [-0.2, 0) is 14.6 Å². The fraction of sp³-hybridized carbons (Fsp3) is 0.875. The normalized spacial score (nSPS) is 13.3. The molecule has 4 nitrogen and oxygen atoms in total. The van der Waals surface area contributed by atoms with Gasteiger partial charge in [-0.3, -0.25) is 0 Å². The van der Waals surface area contributed by atoms with E-state index in [4.69, 9.17) is 5.11 Å². The Morgan fingerprint density at radius 2 is 2.08 bits per heavy atom. The van der Waals surface area contributed by atoms with Crippen molar-refractivity contribution in [2.24, 2.45) is 5.92 Å². The quantitative estimate of drug-likeness (QED) is 0.488. The second kappa shape index (κ2) is 5.97. The van der Waals surface area contributed by atoms with Gasteiger partial charge in [0.25, 0.3) is 6.29 Å². The molecule has 0 aliphatic carbocycles. The molecule has 1 unspecified atom stereocenters. The van der Waals surface area contributed by atoms with Gasteiger partial charge in [0.1, 0.15) is 0 Å². The molecule has 12 heavy (non-hydrogen) atoms. The summed E-state index contributed by atoms with van der Waals surface area (Å²) in [6, 6.07) is 0. The van der Waals surface area contributed by atoms with Crippen molar-refractivity contribution >= 4 is 5.97 Å². The summed E-state index contributed by atoms with van der Waals surface area (Å²) in [6.45, 7) is 4.36. The maximum atomic E-state index is 10.4. The molecule has 0 heterocycles. The number of carbonyl (C=O) groups is 1. The minimum atomic E-state index is -1.92. The van der Waals surface area contributed by atoms with Gasteiger partial charge in [-0.15, -0.1) is 0 Å². The van der Waals surface area contributed by atoms with Gasteiger partial charge in [-0.2, -0.15) is 5.11 Å². The minimum Gasteiger partial charge on any atom is -0.477 e. The first kappa shape index (κ1) is 11.4. The maximum absolute atomic E-state index is 10.4. The number of carboxylic acids is 1. The van der Waals surface area contributed by atoms with Gasteiger partial charge < -0.3 is 9.84 Å². The summed E-state index contributed by atoms with van der Waals surface area (Å²) >= 11 is 0. The van der Waals surface area contributed by atoms with Crippen molar-refractivity contribution in [1.82, 2.24) is 0 Å². The van der Waals surface area contributed by atoms with E-state index in [0.717, 1.165) is 12.8 Å². The molecule has 0 aliphatic heterocycles. The van der Waals surface area contributed by atoms with E-state index >= 15 is 0 Å². The lowest BCUT2D eigenvalue weighted by Crippen LogP contribution is -2.22. The smallest absolute Gasteiger partial charge is 0.364 e. The highest BCUT2D eigenvalue weighted by molar-refractivity contribution is 5.70. The Bertz CT molecular complexity index is 133. The highest BCUT2D eigenvalue weighted by atomic mass is 16.6. The first-order valence-corrected chi connectivity index (χ1v) is 4.04. The van der Waals surface area contributed by atoms with Crippen molar-refractivity contribution in [2.75, 3.05) is 6.61 Å². The molecule has 4 heteroatoms. The summed E-state index contributed by atoms with van der Waals surface area (Å²) in [5.41, 5.74) is 0. The third kappa shape index (κ3) is 6.12. The molecule has 0 bridgehead atoms. The number of carboxylic acid groups (broad SMARTS) is 1. The Morgan fingerprint density at radius 3 is 2.50 bits per heavy atom. The van der Waals surface area contributed by atoms with Crippen LogP contribution in [0.25, 0.3) is 0 Å². The Morgan fingerprint density at radius 1 is 1.50 bits per heavy atom. The maximum Gasteiger partial charge on any atom is 0.364 e.